The Balaban J connectivity index is 1.77. The zero-order valence-electron chi connectivity index (χ0n) is 17.9. The lowest BCUT2D eigenvalue weighted by molar-refractivity contribution is -0.136. The van der Waals surface area contributed by atoms with Crippen LogP contribution in [0.25, 0.3) is 0 Å². The van der Waals surface area contributed by atoms with Crippen molar-refractivity contribution in [2.45, 2.75) is 46.6 Å². The molecule has 0 spiro atoms. The topological polar surface area (TPSA) is 84.2 Å². The van der Waals surface area contributed by atoms with Crippen LogP contribution in [0.2, 0.25) is 0 Å². The van der Waals surface area contributed by atoms with E-state index in [0.29, 0.717) is 24.2 Å². The predicted molar refractivity (Wildman–Crippen MR) is 125 cm³/mol. The number of hydrogen-bond acceptors (Lipinski definition) is 3. The van der Waals surface area contributed by atoms with Crippen molar-refractivity contribution in [3.05, 3.63) is 80.6 Å². The van der Waals surface area contributed by atoms with Crippen molar-refractivity contribution in [2.24, 2.45) is 0 Å². The van der Waals surface area contributed by atoms with Crippen molar-refractivity contribution in [1.82, 2.24) is 9.78 Å². The van der Waals surface area contributed by atoms with Gasteiger partial charge in [-0.15, -0.1) is 0 Å². The predicted octanol–water partition coefficient (Wildman–Crippen LogP) is 5.01. The summed E-state index contributed by atoms with van der Waals surface area (Å²) in [6, 6.07) is 13.2. The third-order valence-corrected chi connectivity index (χ3v) is 6.28. The van der Waals surface area contributed by atoms with E-state index in [2.05, 4.69) is 26.3 Å². The average Bonchev–Trinajstić information content (AvgIpc) is 3.06. The molecule has 1 heterocycles. The number of nitrogens with one attached hydrogen (secondary N) is 1. The molecule has 0 aliphatic rings. The third kappa shape index (κ3) is 5.22. The lowest BCUT2D eigenvalue weighted by Crippen LogP contribution is -2.13. The number of rotatable bonds is 8. The normalized spacial score (nSPS) is 10.8. The molecule has 3 rings (SSSR count). The fraction of sp³-hybridized carbons (Fsp3) is 0.292. The molecule has 2 N–H and O–H groups in total. The van der Waals surface area contributed by atoms with Gasteiger partial charge in [0, 0.05) is 21.4 Å². The maximum Gasteiger partial charge on any atom is 0.307 e. The summed E-state index contributed by atoms with van der Waals surface area (Å²) >= 11 is 3.48. The van der Waals surface area contributed by atoms with Gasteiger partial charge in [-0.2, -0.15) is 5.10 Å². The molecule has 162 valence electrons. The molecule has 1 amide bonds. The Labute approximate surface area is 190 Å². The van der Waals surface area contributed by atoms with Crippen LogP contribution in [0.4, 0.5) is 5.69 Å². The fourth-order valence-corrected chi connectivity index (χ4v) is 4.09. The number of carbonyl (C=O) groups is 2. The molecular formula is C24H26BrN3O3. The van der Waals surface area contributed by atoms with Gasteiger partial charge >= 0.3 is 5.97 Å². The highest BCUT2D eigenvalue weighted by molar-refractivity contribution is 9.10. The van der Waals surface area contributed by atoms with Gasteiger partial charge in [0.2, 0.25) is 0 Å². The monoisotopic (exact) mass is 483 g/mol. The zero-order chi connectivity index (χ0) is 22.5. The molecule has 0 aliphatic heterocycles. The van der Waals surface area contributed by atoms with E-state index in [1.54, 1.807) is 6.07 Å². The van der Waals surface area contributed by atoms with Gasteiger partial charge < -0.3 is 10.4 Å². The molecular weight excluding hydrogens is 458 g/mol. The first kappa shape index (κ1) is 22.7. The molecule has 0 saturated heterocycles. The zero-order valence-corrected chi connectivity index (χ0v) is 19.5. The SMILES string of the molecule is CCc1nn(Cc2ccc(NC(=O)c3cccc(C)c3Br)cc2)c(CC)c1CC(=O)O. The lowest BCUT2D eigenvalue weighted by Gasteiger charge is -2.10. The average molecular weight is 484 g/mol. The number of benzene rings is 2. The number of amides is 1. The largest absolute Gasteiger partial charge is 0.481 e. The van der Waals surface area contributed by atoms with E-state index in [0.717, 1.165) is 39.0 Å². The highest BCUT2D eigenvalue weighted by Gasteiger charge is 2.18. The van der Waals surface area contributed by atoms with Crippen molar-refractivity contribution in [2.75, 3.05) is 5.32 Å². The van der Waals surface area contributed by atoms with E-state index >= 15 is 0 Å². The lowest BCUT2D eigenvalue weighted by atomic mass is 10.1. The first-order valence-corrected chi connectivity index (χ1v) is 11.1. The summed E-state index contributed by atoms with van der Waals surface area (Å²) < 4.78 is 2.69. The smallest absolute Gasteiger partial charge is 0.307 e. The summed E-state index contributed by atoms with van der Waals surface area (Å²) in [5.41, 5.74) is 5.95. The minimum atomic E-state index is -0.843. The minimum absolute atomic E-state index is 0.00810. The number of carboxylic acids is 1. The molecule has 0 unspecified atom stereocenters. The van der Waals surface area contributed by atoms with Crippen molar-refractivity contribution < 1.29 is 14.7 Å². The molecule has 7 heteroatoms. The number of carbonyl (C=O) groups excluding carboxylic acids is 1. The van der Waals surface area contributed by atoms with Crippen LogP contribution in [0.3, 0.4) is 0 Å². The summed E-state index contributed by atoms with van der Waals surface area (Å²) in [6.45, 7) is 6.50. The second-order valence-corrected chi connectivity index (χ2v) is 8.19. The van der Waals surface area contributed by atoms with Gasteiger partial charge in [0.1, 0.15) is 0 Å². The Morgan fingerprint density at radius 3 is 2.42 bits per heavy atom. The first-order chi connectivity index (χ1) is 14.8. The van der Waals surface area contributed by atoms with Gasteiger partial charge in [-0.25, -0.2) is 0 Å². The van der Waals surface area contributed by atoms with Gasteiger partial charge in [-0.1, -0.05) is 38.1 Å². The Morgan fingerprint density at radius 1 is 1.10 bits per heavy atom. The summed E-state index contributed by atoms with van der Waals surface area (Å²) in [5.74, 6) is -1.01. The van der Waals surface area contributed by atoms with Gasteiger partial charge in [0.15, 0.2) is 0 Å². The maximum atomic E-state index is 12.6. The number of aryl methyl sites for hydroxylation is 2. The minimum Gasteiger partial charge on any atom is -0.481 e. The summed E-state index contributed by atoms with van der Waals surface area (Å²) in [7, 11) is 0. The van der Waals surface area contributed by atoms with Crippen LogP contribution < -0.4 is 5.32 Å². The standard InChI is InChI=1S/C24H26BrN3O3/c1-4-20-19(13-22(29)30)21(5-2)28(27-20)14-16-9-11-17(12-10-16)26-24(31)18-8-6-7-15(3)23(18)25/h6-12H,4-5,13-14H2,1-3H3,(H,26,31)(H,29,30). The van der Waals surface area contributed by atoms with Crippen LogP contribution in [-0.2, 0) is 30.6 Å². The van der Waals surface area contributed by atoms with Crippen molar-refractivity contribution in [1.29, 1.82) is 0 Å². The molecule has 2 aromatic carbocycles. The van der Waals surface area contributed by atoms with Crippen LogP contribution in [0.5, 0.6) is 0 Å². The highest BCUT2D eigenvalue weighted by atomic mass is 79.9. The number of carboxylic acid groups (broad SMARTS) is 1. The van der Waals surface area contributed by atoms with E-state index in [1.807, 2.05) is 61.9 Å². The maximum absolute atomic E-state index is 12.6. The number of anilines is 1. The first-order valence-electron chi connectivity index (χ1n) is 10.3. The Bertz CT molecular complexity index is 1100. The molecule has 1 aromatic heterocycles. The molecule has 6 nitrogen and oxygen atoms in total. The van der Waals surface area contributed by atoms with Crippen LogP contribution >= 0.6 is 15.9 Å². The summed E-state index contributed by atoms with van der Waals surface area (Å²) in [5, 5.41) is 16.8. The Morgan fingerprint density at radius 2 is 1.81 bits per heavy atom. The van der Waals surface area contributed by atoms with E-state index in [9.17, 15) is 14.7 Å². The van der Waals surface area contributed by atoms with Gasteiger partial charge in [-0.3, -0.25) is 14.3 Å². The van der Waals surface area contributed by atoms with Crippen LogP contribution in [0, 0.1) is 6.92 Å². The summed E-state index contributed by atoms with van der Waals surface area (Å²) in [6.07, 6.45) is 1.41. The van der Waals surface area contributed by atoms with E-state index in [1.165, 1.54) is 0 Å². The quantitative estimate of drug-likeness (QED) is 0.471. The molecule has 0 bridgehead atoms. The Kier molecular flexibility index (Phi) is 7.28. The van der Waals surface area contributed by atoms with E-state index in [4.69, 9.17) is 0 Å². The number of nitrogens with zero attached hydrogens (tertiary/aromatic N) is 2. The van der Waals surface area contributed by atoms with Crippen LogP contribution in [-0.4, -0.2) is 26.8 Å². The van der Waals surface area contributed by atoms with Gasteiger partial charge in [-0.05, 0) is 65.0 Å². The number of hydrogen-bond donors (Lipinski definition) is 2. The van der Waals surface area contributed by atoms with E-state index < -0.39 is 5.97 Å². The molecule has 0 atom stereocenters. The highest BCUT2D eigenvalue weighted by Crippen LogP contribution is 2.23. The van der Waals surface area contributed by atoms with Crippen molar-refractivity contribution in [3.8, 4) is 0 Å². The number of halogens is 1. The third-order valence-electron chi connectivity index (χ3n) is 5.23. The molecule has 0 saturated carbocycles. The number of aromatic nitrogens is 2. The second kappa shape index (κ2) is 9.92. The van der Waals surface area contributed by atoms with E-state index in [-0.39, 0.29) is 12.3 Å². The van der Waals surface area contributed by atoms with Crippen LogP contribution in [0.1, 0.15) is 52.3 Å². The van der Waals surface area contributed by atoms with Crippen molar-refractivity contribution in [3.63, 3.8) is 0 Å². The number of aliphatic carboxylic acids is 1. The summed E-state index contributed by atoms with van der Waals surface area (Å²) in [4.78, 5) is 23.9. The van der Waals surface area contributed by atoms with Crippen molar-refractivity contribution >= 4 is 33.5 Å². The molecule has 3 aromatic rings. The molecule has 0 radical (unpaired) electrons. The molecule has 0 aliphatic carbocycles. The Hall–Kier alpha value is -2.93. The fourth-order valence-electron chi connectivity index (χ4n) is 3.64. The van der Waals surface area contributed by atoms with Crippen LogP contribution in [0.15, 0.2) is 46.9 Å². The van der Waals surface area contributed by atoms with Gasteiger partial charge in [0.05, 0.1) is 24.2 Å². The molecule has 31 heavy (non-hydrogen) atoms. The second-order valence-electron chi connectivity index (χ2n) is 7.39. The van der Waals surface area contributed by atoms with Gasteiger partial charge in [0.25, 0.3) is 5.91 Å². The molecule has 0 fully saturated rings.